The highest BCUT2D eigenvalue weighted by Crippen LogP contribution is 2.07. The van der Waals surface area contributed by atoms with Crippen LogP contribution in [0, 0.1) is 0 Å². The normalized spacial score (nSPS) is 11.1. The molecule has 2 aromatic heterocycles. The average molecular weight is 262 g/mol. The smallest absolute Gasteiger partial charge is 0.140 e. The third-order valence-electron chi connectivity index (χ3n) is 3.06. The second kappa shape index (κ2) is 6.47. The highest BCUT2D eigenvalue weighted by atomic mass is 15.3. The number of rotatable bonds is 7. The van der Waals surface area contributed by atoms with E-state index >= 15 is 0 Å². The van der Waals surface area contributed by atoms with Crippen molar-refractivity contribution in [3.8, 4) is 0 Å². The van der Waals surface area contributed by atoms with Gasteiger partial charge in [-0.15, -0.1) is 0 Å². The topological polar surface area (TPSA) is 60.6 Å². The van der Waals surface area contributed by atoms with Crippen LogP contribution in [0.5, 0.6) is 0 Å². The Hall–Kier alpha value is -1.69. The van der Waals surface area contributed by atoms with E-state index in [1.54, 1.807) is 6.33 Å². The SMILES string of the molecule is CCCn1ncnc1CNCc1cn(C)nc1CC. The first-order chi connectivity index (χ1) is 9.24. The summed E-state index contributed by atoms with van der Waals surface area (Å²) in [5, 5.41) is 12.1. The molecule has 0 atom stereocenters. The summed E-state index contributed by atoms with van der Waals surface area (Å²) in [5.74, 6) is 0.990. The van der Waals surface area contributed by atoms with Crippen molar-refractivity contribution in [2.24, 2.45) is 7.05 Å². The molecule has 0 aliphatic carbocycles. The zero-order chi connectivity index (χ0) is 13.7. The molecule has 19 heavy (non-hydrogen) atoms. The Morgan fingerprint density at radius 3 is 2.84 bits per heavy atom. The van der Waals surface area contributed by atoms with Crippen molar-refractivity contribution in [3.05, 3.63) is 29.6 Å². The molecule has 0 aliphatic heterocycles. The zero-order valence-electron chi connectivity index (χ0n) is 11.9. The minimum atomic E-state index is 0.734. The molecule has 0 bridgehead atoms. The predicted octanol–water partition coefficient (Wildman–Crippen LogP) is 1.27. The van der Waals surface area contributed by atoms with Gasteiger partial charge < -0.3 is 5.32 Å². The van der Waals surface area contributed by atoms with Gasteiger partial charge in [-0.05, 0) is 12.8 Å². The van der Waals surface area contributed by atoms with E-state index in [4.69, 9.17) is 0 Å². The molecule has 0 saturated carbocycles. The third kappa shape index (κ3) is 3.41. The molecule has 2 heterocycles. The summed E-state index contributed by atoms with van der Waals surface area (Å²) in [7, 11) is 1.96. The van der Waals surface area contributed by atoms with Gasteiger partial charge in [0.15, 0.2) is 0 Å². The number of aryl methyl sites for hydroxylation is 3. The standard InChI is InChI=1S/C13H22N6/c1-4-6-19-13(15-10-16-19)8-14-7-11-9-18(3)17-12(11)5-2/h9-10,14H,4-8H2,1-3H3. The summed E-state index contributed by atoms with van der Waals surface area (Å²) in [4.78, 5) is 4.28. The van der Waals surface area contributed by atoms with Gasteiger partial charge in [0.25, 0.3) is 0 Å². The fourth-order valence-electron chi connectivity index (χ4n) is 2.16. The fraction of sp³-hybridized carbons (Fsp3) is 0.615. The van der Waals surface area contributed by atoms with Gasteiger partial charge in [-0.25, -0.2) is 9.67 Å². The zero-order valence-corrected chi connectivity index (χ0v) is 11.9. The van der Waals surface area contributed by atoms with Gasteiger partial charge in [0.1, 0.15) is 12.2 Å². The molecule has 2 rings (SSSR count). The maximum atomic E-state index is 4.44. The summed E-state index contributed by atoms with van der Waals surface area (Å²) in [5.41, 5.74) is 2.41. The molecule has 0 aliphatic rings. The molecule has 6 heteroatoms. The number of nitrogens with zero attached hydrogens (tertiary/aromatic N) is 5. The molecule has 6 nitrogen and oxygen atoms in total. The van der Waals surface area contributed by atoms with Gasteiger partial charge in [-0.2, -0.15) is 10.2 Å². The molecule has 0 amide bonds. The van der Waals surface area contributed by atoms with Crippen LogP contribution in [-0.2, 0) is 33.1 Å². The van der Waals surface area contributed by atoms with E-state index in [0.29, 0.717) is 0 Å². The Labute approximate surface area is 113 Å². The van der Waals surface area contributed by atoms with Gasteiger partial charge in [-0.3, -0.25) is 4.68 Å². The van der Waals surface area contributed by atoms with E-state index in [1.807, 2.05) is 16.4 Å². The molecular formula is C13H22N6. The number of aromatic nitrogens is 5. The maximum Gasteiger partial charge on any atom is 0.140 e. The largest absolute Gasteiger partial charge is 0.306 e. The van der Waals surface area contributed by atoms with Crippen LogP contribution in [0.25, 0.3) is 0 Å². The van der Waals surface area contributed by atoms with Crippen LogP contribution in [0.3, 0.4) is 0 Å². The van der Waals surface area contributed by atoms with Crippen molar-refractivity contribution in [3.63, 3.8) is 0 Å². The van der Waals surface area contributed by atoms with Gasteiger partial charge in [0, 0.05) is 31.9 Å². The van der Waals surface area contributed by atoms with E-state index in [9.17, 15) is 0 Å². The van der Waals surface area contributed by atoms with Crippen LogP contribution in [0.1, 0.15) is 37.4 Å². The summed E-state index contributed by atoms with van der Waals surface area (Å²) >= 11 is 0. The Balaban J connectivity index is 1.90. The molecule has 104 valence electrons. The van der Waals surface area contributed by atoms with Crippen molar-refractivity contribution in [1.82, 2.24) is 29.9 Å². The Kier molecular flexibility index (Phi) is 4.68. The maximum absolute atomic E-state index is 4.44. The third-order valence-corrected chi connectivity index (χ3v) is 3.06. The Morgan fingerprint density at radius 2 is 2.11 bits per heavy atom. The van der Waals surface area contributed by atoms with Crippen LogP contribution in [-0.4, -0.2) is 24.5 Å². The molecule has 0 aromatic carbocycles. The van der Waals surface area contributed by atoms with Crippen molar-refractivity contribution >= 4 is 0 Å². The number of nitrogens with one attached hydrogen (secondary N) is 1. The van der Waals surface area contributed by atoms with E-state index in [1.165, 1.54) is 5.56 Å². The monoisotopic (exact) mass is 262 g/mol. The van der Waals surface area contributed by atoms with E-state index in [-0.39, 0.29) is 0 Å². The van der Waals surface area contributed by atoms with Gasteiger partial charge in [0.2, 0.25) is 0 Å². The molecule has 0 fully saturated rings. The highest BCUT2D eigenvalue weighted by Gasteiger charge is 2.07. The quantitative estimate of drug-likeness (QED) is 0.816. The lowest BCUT2D eigenvalue weighted by Gasteiger charge is -2.06. The van der Waals surface area contributed by atoms with Gasteiger partial charge in [0.05, 0.1) is 12.2 Å². The second-order valence-electron chi connectivity index (χ2n) is 4.63. The van der Waals surface area contributed by atoms with Gasteiger partial charge in [-0.1, -0.05) is 13.8 Å². The van der Waals surface area contributed by atoms with Crippen LogP contribution >= 0.6 is 0 Å². The lowest BCUT2D eigenvalue weighted by atomic mass is 10.2. The van der Waals surface area contributed by atoms with E-state index in [0.717, 1.165) is 44.0 Å². The molecule has 0 saturated heterocycles. The van der Waals surface area contributed by atoms with Gasteiger partial charge >= 0.3 is 0 Å². The number of hydrogen-bond donors (Lipinski definition) is 1. The molecule has 0 unspecified atom stereocenters. The Morgan fingerprint density at radius 1 is 1.26 bits per heavy atom. The van der Waals surface area contributed by atoms with Crippen molar-refractivity contribution in [2.45, 2.75) is 46.3 Å². The first-order valence-electron chi connectivity index (χ1n) is 6.83. The van der Waals surface area contributed by atoms with Crippen LogP contribution in [0.4, 0.5) is 0 Å². The summed E-state index contributed by atoms with van der Waals surface area (Å²) in [6, 6.07) is 0. The molecule has 1 N–H and O–H groups in total. The summed E-state index contributed by atoms with van der Waals surface area (Å²) in [6.07, 6.45) is 5.72. The first kappa shape index (κ1) is 13.7. The van der Waals surface area contributed by atoms with Crippen molar-refractivity contribution in [1.29, 1.82) is 0 Å². The van der Waals surface area contributed by atoms with Crippen molar-refractivity contribution < 1.29 is 0 Å². The van der Waals surface area contributed by atoms with E-state index < -0.39 is 0 Å². The minimum absolute atomic E-state index is 0.734. The fourth-order valence-corrected chi connectivity index (χ4v) is 2.16. The average Bonchev–Trinajstić information content (AvgIpc) is 2.97. The van der Waals surface area contributed by atoms with Crippen molar-refractivity contribution in [2.75, 3.05) is 0 Å². The number of hydrogen-bond acceptors (Lipinski definition) is 4. The predicted molar refractivity (Wildman–Crippen MR) is 73.4 cm³/mol. The molecule has 0 radical (unpaired) electrons. The Bertz CT molecular complexity index is 513. The first-order valence-corrected chi connectivity index (χ1v) is 6.83. The summed E-state index contributed by atoms with van der Waals surface area (Å²) < 4.78 is 3.83. The highest BCUT2D eigenvalue weighted by molar-refractivity contribution is 5.16. The van der Waals surface area contributed by atoms with E-state index in [2.05, 4.69) is 40.5 Å². The molecule has 2 aromatic rings. The van der Waals surface area contributed by atoms with Crippen LogP contribution in [0.15, 0.2) is 12.5 Å². The van der Waals surface area contributed by atoms with Crippen LogP contribution in [0.2, 0.25) is 0 Å². The molecule has 0 spiro atoms. The van der Waals surface area contributed by atoms with Crippen LogP contribution < -0.4 is 5.32 Å². The lowest BCUT2D eigenvalue weighted by Crippen LogP contribution is -2.17. The minimum Gasteiger partial charge on any atom is -0.306 e. The molecular weight excluding hydrogens is 240 g/mol. The summed E-state index contributed by atoms with van der Waals surface area (Å²) in [6.45, 7) is 6.74. The second-order valence-corrected chi connectivity index (χ2v) is 4.63. The lowest BCUT2D eigenvalue weighted by molar-refractivity contribution is 0.541.